The monoisotopic (exact) mass is 216 g/mol. The molecule has 0 saturated carbocycles. The molecule has 0 aliphatic rings. The molecule has 0 amide bonds. The van der Waals surface area contributed by atoms with Crippen LogP contribution in [-0.2, 0) is 13.6 Å². The molecule has 4 nitrogen and oxygen atoms in total. The summed E-state index contributed by atoms with van der Waals surface area (Å²) in [4.78, 5) is 4.27. The van der Waals surface area contributed by atoms with Crippen LogP contribution in [0, 0.1) is 0 Å². The van der Waals surface area contributed by atoms with Crippen molar-refractivity contribution in [3.8, 4) is 0 Å². The SMILES string of the molecule is CC(NCc1ccccn1)c1ccnn1C. The summed E-state index contributed by atoms with van der Waals surface area (Å²) in [5, 5.41) is 7.57. The molecule has 1 N–H and O–H groups in total. The molecule has 2 aromatic heterocycles. The average Bonchev–Trinajstić information content (AvgIpc) is 2.74. The van der Waals surface area contributed by atoms with E-state index in [-0.39, 0.29) is 6.04 Å². The Morgan fingerprint density at radius 1 is 1.31 bits per heavy atom. The molecule has 84 valence electrons. The first kappa shape index (κ1) is 10.8. The second-order valence-corrected chi connectivity index (χ2v) is 3.80. The second kappa shape index (κ2) is 4.90. The predicted octanol–water partition coefficient (Wildman–Crippen LogP) is 1.67. The maximum absolute atomic E-state index is 4.27. The third-order valence-corrected chi connectivity index (χ3v) is 2.62. The van der Waals surface area contributed by atoms with Gasteiger partial charge >= 0.3 is 0 Å². The van der Waals surface area contributed by atoms with E-state index in [0.717, 1.165) is 12.2 Å². The van der Waals surface area contributed by atoms with Crippen molar-refractivity contribution in [3.63, 3.8) is 0 Å². The first-order valence-electron chi connectivity index (χ1n) is 5.38. The quantitative estimate of drug-likeness (QED) is 0.845. The highest BCUT2D eigenvalue weighted by molar-refractivity contribution is 5.07. The molecule has 0 saturated heterocycles. The lowest BCUT2D eigenvalue weighted by Crippen LogP contribution is -2.20. The third-order valence-electron chi connectivity index (χ3n) is 2.62. The van der Waals surface area contributed by atoms with Gasteiger partial charge in [0.25, 0.3) is 0 Å². The van der Waals surface area contributed by atoms with Gasteiger partial charge in [0.1, 0.15) is 0 Å². The lowest BCUT2D eigenvalue weighted by molar-refractivity contribution is 0.525. The number of pyridine rings is 1. The van der Waals surface area contributed by atoms with Gasteiger partial charge in [0.15, 0.2) is 0 Å². The van der Waals surface area contributed by atoms with Crippen molar-refractivity contribution < 1.29 is 0 Å². The maximum atomic E-state index is 4.27. The molecule has 16 heavy (non-hydrogen) atoms. The van der Waals surface area contributed by atoms with Crippen LogP contribution < -0.4 is 5.32 Å². The van der Waals surface area contributed by atoms with Gasteiger partial charge in [-0.05, 0) is 25.1 Å². The lowest BCUT2D eigenvalue weighted by Gasteiger charge is -2.13. The minimum atomic E-state index is 0.273. The number of rotatable bonds is 4. The summed E-state index contributed by atoms with van der Waals surface area (Å²) < 4.78 is 1.89. The first-order chi connectivity index (χ1) is 7.77. The van der Waals surface area contributed by atoms with E-state index < -0.39 is 0 Å². The number of hydrogen-bond donors (Lipinski definition) is 1. The van der Waals surface area contributed by atoms with Crippen LogP contribution in [0.3, 0.4) is 0 Å². The summed E-state index contributed by atoms with van der Waals surface area (Å²) in [6.45, 7) is 2.90. The van der Waals surface area contributed by atoms with Crippen LogP contribution in [0.25, 0.3) is 0 Å². The Hall–Kier alpha value is -1.68. The Labute approximate surface area is 95.3 Å². The highest BCUT2D eigenvalue weighted by Gasteiger charge is 2.08. The first-order valence-corrected chi connectivity index (χ1v) is 5.38. The Bertz CT molecular complexity index is 435. The van der Waals surface area contributed by atoms with Gasteiger partial charge in [-0.15, -0.1) is 0 Å². The molecule has 4 heteroatoms. The molecule has 0 aromatic carbocycles. The van der Waals surface area contributed by atoms with Crippen LogP contribution in [0.1, 0.15) is 24.4 Å². The van der Waals surface area contributed by atoms with Gasteiger partial charge in [0.05, 0.1) is 11.4 Å². The normalized spacial score (nSPS) is 12.6. The summed E-state index contributed by atoms with van der Waals surface area (Å²) >= 11 is 0. The van der Waals surface area contributed by atoms with Crippen LogP contribution in [0.15, 0.2) is 36.7 Å². The molecule has 0 fully saturated rings. The molecule has 1 atom stereocenters. The Kier molecular flexibility index (Phi) is 3.31. The van der Waals surface area contributed by atoms with Gasteiger partial charge in [0.2, 0.25) is 0 Å². The van der Waals surface area contributed by atoms with Gasteiger partial charge in [-0.3, -0.25) is 9.67 Å². The van der Waals surface area contributed by atoms with Crippen molar-refractivity contribution in [3.05, 3.63) is 48.0 Å². The molecule has 0 radical (unpaired) electrons. The Balaban J connectivity index is 1.94. The zero-order chi connectivity index (χ0) is 11.4. The lowest BCUT2D eigenvalue weighted by atomic mass is 10.2. The molecule has 0 aliphatic heterocycles. The topological polar surface area (TPSA) is 42.7 Å². The van der Waals surface area contributed by atoms with Crippen molar-refractivity contribution in [1.82, 2.24) is 20.1 Å². The Morgan fingerprint density at radius 2 is 2.19 bits per heavy atom. The van der Waals surface area contributed by atoms with E-state index in [0.29, 0.717) is 0 Å². The molecule has 0 spiro atoms. The van der Waals surface area contributed by atoms with Crippen LogP contribution in [0.4, 0.5) is 0 Å². The minimum absolute atomic E-state index is 0.273. The number of hydrogen-bond acceptors (Lipinski definition) is 3. The van der Waals surface area contributed by atoms with Gasteiger partial charge in [-0.25, -0.2) is 0 Å². The summed E-state index contributed by atoms with van der Waals surface area (Å²) in [6, 6.07) is 8.24. The van der Waals surface area contributed by atoms with Crippen LogP contribution in [0.2, 0.25) is 0 Å². The molecule has 2 heterocycles. The van der Waals surface area contributed by atoms with Crippen LogP contribution >= 0.6 is 0 Å². The Morgan fingerprint density at radius 3 is 2.81 bits per heavy atom. The van der Waals surface area contributed by atoms with E-state index in [9.17, 15) is 0 Å². The largest absolute Gasteiger partial charge is 0.303 e. The summed E-state index contributed by atoms with van der Waals surface area (Å²) in [5.74, 6) is 0. The average molecular weight is 216 g/mol. The van der Waals surface area contributed by atoms with Crippen molar-refractivity contribution >= 4 is 0 Å². The van der Waals surface area contributed by atoms with Gasteiger partial charge in [-0.1, -0.05) is 6.07 Å². The fourth-order valence-corrected chi connectivity index (χ4v) is 1.67. The van der Waals surface area contributed by atoms with Crippen LogP contribution in [-0.4, -0.2) is 14.8 Å². The zero-order valence-electron chi connectivity index (χ0n) is 9.59. The number of nitrogens with one attached hydrogen (secondary N) is 1. The van der Waals surface area contributed by atoms with Gasteiger partial charge in [-0.2, -0.15) is 5.10 Å². The number of nitrogens with zero attached hydrogens (tertiary/aromatic N) is 3. The fraction of sp³-hybridized carbons (Fsp3) is 0.333. The highest BCUT2D eigenvalue weighted by Crippen LogP contribution is 2.10. The van der Waals surface area contributed by atoms with Crippen molar-refractivity contribution in [1.29, 1.82) is 0 Å². The van der Waals surface area contributed by atoms with E-state index in [1.165, 1.54) is 5.69 Å². The predicted molar refractivity (Wildman–Crippen MR) is 62.7 cm³/mol. The molecule has 0 bridgehead atoms. The summed E-state index contributed by atoms with van der Waals surface area (Å²) in [7, 11) is 1.95. The summed E-state index contributed by atoms with van der Waals surface area (Å²) in [6.07, 6.45) is 3.63. The number of aryl methyl sites for hydroxylation is 1. The second-order valence-electron chi connectivity index (χ2n) is 3.80. The molecular formula is C12H16N4. The fourth-order valence-electron chi connectivity index (χ4n) is 1.67. The highest BCUT2D eigenvalue weighted by atomic mass is 15.3. The zero-order valence-corrected chi connectivity index (χ0v) is 9.59. The molecule has 2 aromatic rings. The van der Waals surface area contributed by atoms with E-state index in [1.807, 2.05) is 48.4 Å². The van der Waals surface area contributed by atoms with Gasteiger partial charge in [0, 0.05) is 32.0 Å². The molecule has 1 unspecified atom stereocenters. The standard InChI is InChI=1S/C12H16N4/c1-10(12-6-8-15-16(12)2)14-9-11-5-3-4-7-13-11/h3-8,10,14H,9H2,1-2H3. The van der Waals surface area contributed by atoms with E-state index in [4.69, 9.17) is 0 Å². The van der Waals surface area contributed by atoms with E-state index in [1.54, 1.807) is 0 Å². The number of aromatic nitrogens is 3. The van der Waals surface area contributed by atoms with Gasteiger partial charge < -0.3 is 5.32 Å². The van der Waals surface area contributed by atoms with Crippen molar-refractivity contribution in [2.24, 2.45) is 7.05 Å². The minimum Gasteiger partial charge on any atom is -0.303 e. The smallest absolute Gasteiger partial charge is 0.0547 e. The summed E-state index contributed by atoms with van der Waals surface area (Å²) in [5.41, 5.74) is 2.23. The van der Waals surface area contributed by atoms with Crippen molar-refractivity contribution in [2.45, 2.75) is 19.5 Å². The van der Waals surface area contributed by atoms with E-state index >= 15 is 0 Å². The van der Waals surface area contributed by atoms with Crippen LogP contribution in [0.5, 0.6) is 0 Å². The van der Waals surface area contributed by atoms with Crippen molar-refractivity contribution in [2.75, 3.05) is 0 Å². The molecular weight excluding hydrogens is 200 g/mol. The maximum Gasteiger partial charge on any atom is 0.0547 e. The third kappa shape index (κ3) is 2.46. The molecule has 0 aliphatic carbocycles. The molecule has 2 rings (SSSR count). The van der Waals surface area contributed by atoms with E-state index in [2.05, 4.69) is 22.3 Å².